The Labute approximate surface area is 238 Å². The standard InChI is InChI=1S/C35H56O4/c1-22-26(15-24(31(3,4)5)16-27(22)33(9,10)11)30(35(19-36,20-37)21-38)39-29-18-25(32(6,7)8)17-28(23(29)2)34(12,13)14/h15-18,30,36-38H,19-21H2,1-14H3. The van der Waals surface area contributed by atoms with E-state index < -0.39 is 31.3 Å². The van der Waals surface area contributed by atoms with E-state index in [9.17, 15) is 15.3 Å². The summed E-state index contributed by atoms with van der Waals surface area (Å²) in [6.45, 7) is 29.3. The van der Waals surface area contributed by atoms with Crippen molar-refractivity contribution in [2.45, 2.75) is 125 Å². The van der Waals surface area contributed by atoms with Gasteiger partial charge in [-0.3, -0.25) is 0 Å². The van der Waals surface area contributed by atoms with E-state index in [2.05, 4.69) is 121 Å². The summed E-state index contributed by atoms with van der Waals surface area (Å²) in [5.74, 6) is 0.718. The predicted molar refractivity (Wildman–Crippen MR) is 164 cm³/mol. The Morgan fingerprint density at radius 1 is 0.564 bits per heavy atom. The molecule has 1 unspecified atom stereocenters. The van der Waals surface area contributed by atoms with Gasteiger partial charge >= 0.3 is 0 Å². The van der Waals surface area contributed by atoms with Crippen LogP contribution < -0.4 is 4.74 Å². The van der Waals surface area contributed by atoms with Gasteiger partial charge in [0.05, 0.1) is 25.2 Å². The van der Waals surface area contributed by atoms with Crippen LogP contribution >= 0.6 is 0 Å². The van der Waals surface area contributed by atoms with Crippen molar-refractivity contribution in [2.75, 3.05) is 19.8 Å². The molecule has 0 aliphatic heterocycles. The molecule has 0 saturated carbocycles. The number of rotatable bonds is 7. The highest BCUT2D eigenvalue weighted by Gasteiger charge is 2.43. The Kier molecular flexibility index (Phi) is 9.56. The average Bonchev–Trinajstić information content (AvgIpc) is 2.78. The molecule has 4 nitrogen and oxygen atoms in total. The smallest absolute Gasteiger partial charge is 0.136 e. The van der Waals surface area contributed by atoms with Gasteiger partial charge in [0, 0.05) is 0 Å². The van der Waals surface area contributed by atoms with Gasteiger partial charge in [-0.1, -0.05) is 101 Å². The fourth-order valence-electron chi connectivity index (χ4n) is 5.29. The van der Waals surface area contributed by atoms with Crippen LogP contribution in [0.15, 0.2) is 24.3 Å². The lowest BCUT2D eigenvalue weighted by Gasteiger charge is -2.40. The van der Waals surface area contributed by atoms with E-state index in [4.69, 9.17) is 4.74 Å². The molecule has 0 heterocycles. The van der Waals surface area contributed by atoms with E-state index in [-0.39, 0.29) is 21.7 Å². The van der Waals surface area contributed by atoms with E-state index in [1.807, 2.05) is 0 Å². The molecule has 0 aliphatic carbocycles. The number of aliphatic hydroxyl groups is 3. The minimum atomic E-state index is -1.29. The molecule has 2 rings (SSSR count). The topological polar surface area (TPSA) is 69.9 Å². The molecule has 1 atom stereocenters. The van der Waals surface area contributed by atoms with Crippen LogP contribution in [-0.4, -0.2) is 35.1 Å². The Morgan fingerprint density at radius 2 is 0.949 bits per heavy atom. The second-order valence-corrected chi connectivity index (χ2v) is 15.7. The van der Waals surface area contributed by atoms with Gasteiger partial charge in [-0.15, -0.1) is 0 Å². The number of benzene rings is 2. The summed E-state index contributed by atoms with van der Waals surface area (Å²) in [6.07, 6.45) is -0.775. The quantitative estimate of drug-likeness (QED) is 0.339. The Morgan fingerprint density at radius 3 is 1.31 bits per heavy atom. The molecule has 0 fully saturated rings. The molecule has 0 spiro atoms. The normalized spacial score (nSPS) is 14.5. The van der Waals surface area contributed by atoms with Crippen molar-refractivity contribution in [3.05, 3.63) is 63.2 Å². The first kappa shape index (κ1) is 33.3. The van der Waals surface area contributed by atoms with E-state index >= 15 is 0 Å². The van der Waals surface area contributed by atoms with E-state index in [1.165, 1.54) is 11.1 Å². The Hall–Kier alpha value is -1.88. The molecule has 0 saturated heterocycles. The van der Waals surface area contributed by atoms with Crippen molar-refractivity contribution in [2.24, 2.45) is 5.41 Å². The highest BCUT2D eigenvalue weighted by atomic mass is 16.5. The van der Waals surface area contributed by atoms with Crippen LogP contribution in [0, 0.1) is 19.3 Å². The van der Waals surface area contributed by atoms with Gasteiger partial charge in [-0.25, -0.2) is 0 Å². The van der Waals surface area contributed by atoms with E-state index in [0.29, 0.717) is 0 Å². The molecule has 0 aromatic heterocycles. The zero-order chi connectivity index (χ0) is 30.4. The van der Waals surface area contributed by atoms with E-state index in [0.717, 1.165) is 33.6 Å². The van der Waals surface area contributed by atoms with Crippen LogP contribution in [0.1, 0.15) is 128 Å². The van der Waals surface area contributed by atoms with Crippen molar-refractivity contribution in [1.29, 1.82) is 0 Å². The van der Waals surface area contributed by atoms with Gasteiger partial charge in [0.15, 0.2) is 0 Å². The monoisotopic (exact) mass is 540 g/mol. The third-order valence-electron chi connectivity index (χ3n) is 8.18. The average molecular weight is 541 g/mol. The molecule has 220 valence electrons. The highest BCUT2D eigenvalue weighted by molar-refractivity contribution is 5.50. The fourth-order valence-corrected chi connectivity index (χ4v) is 5.29. The maximum Gasteiger partial charge on any atom is 0.136 e. The molecule has 2 aromatic rings. The summed E-state index contributed by atoms with van der Waals surface area (Å²) < 4.78 is 6.98. The molecular weight excluding hydrogens is 484 g/mol. The first-order valence-corrected chi connectivity index (χ1v) is 14.3. The lowest BCUT2D eigenvalue weighted by atomic mass is 9.72. The van der Waals surface area contributed by atoms with Crippen LogP contribution in [0.2, 0.25) is 0 Å². The van der Waals surface area contributed by atoms with Gasteiger partial charge in [0.25, 0.3) is 0 Å². The lowest BCUT2D eigenvalue weighted by molar-refractivity contribution is -0.0747. The zero-order valence-electron chi connectivity index (χ0n) is 27.3. The number of aliphatic hydroxyl groups excluding tert-OH is 3. The second-order valence-electron chi connectivity index (χ2n) is 15.7. The predicted octanol–water partition coefficient (Wildman–Crippen LogP) is 7.58. The molecule has 0 amide bonds. The molecular formula is C35H56O4. The van der Waals surface area contributed by atoms with Gasteiger partial charge in [-0.05, 0) is 80.5 Å². The minimum absolute atomic E-state index is 0.106. The number of ether oxygens (including phenoxy) is 1. The summed E-state index contributed by atoms with van der Waals surface area (Å²) >= 11 is 0. The van der Waals surface area contributed by atoms with E-state index in [1.54, 1.807) is 0 Å². The van der Waals surface area contributed by atoms with Crippen LogP contribution in [0.5, 0.6) is 5.75 Å². The van der Waals surface area contributed by atoms with Crippen molar-refractivity contribution >= 4 is 0 Å². The van der Waals surface area contributed by atoms with Gasteiger partial charge in [-0.2, -0.15) is 0 Å². The molecule has 2 aromatic carbocycles. The molecule has 0 aliphatic rings. The highest BCUT2D eigenvalue weighted by Crippen LogP contribution is 2.45. The van der Waals surface area contributed by atoms with Crippen LogP contribution in [0.3, 0.4) is 0 Å². The molecule has 3 N–H and O–H groups in total. The van der Waals surface area contributed by atoms with Crippen molar-refractivity contribution < 1.29 is 20.1 Å². The van der Waals surface area contributed by atoms with Crippen molar-refractivity contribution in [3.8, 4) is 5.75 Å². The van der Waals surface area contributed by atoms with Crippen LogP contribution in [-0.2, 0) is 21.7 Å². The SMILES string of the molecule is Cc1c(OC(c2cc(C(C)(C)C)cc(C(C)(C)C)c2C)C(CO)(CO)CO)cc(C(C)(C)C)cc1C(C)(C)C. The Bertz CT molecular complexity index is 1140. The first-order chi connectivity index (χ1) is 17.5. The second kappa shape index (κ2) is 11.2. The first-order valence-electron chi connectivity index (χ1n) is 14.3. The third-order valence-corrected chi connectivity index (χ3v) is 8.18. The van der Waals surface area contributed by atoms with Crippen LogP contribution in [0.25, 0.3) is 0 Å². The van der Waals surface area contributed by atoms with Crippen LogP contribution in [0.4, 0.5) is 0 Å². The minimum Gasteiger partial charge on any atom is -0.485 e. The van der Waals surface area contributed by atoms with Gasteiger partial charge < -0.3 is 20.1 Å². The summed E-state index contributed by atoms with van der Waals surface area (Å²) in [5, 5.41) is 32.0. The van der Waals surface area contributed by atoms with Gasteiger partial charge in [0.2, 0.25) is 0 Å². The Balaban J connectivity index is 3.02. The largest absolute Gasteiger partial charge is 0.485 e. The fraction of sp³-hybridized carbons (Fsp3) is 0.657. The van der Waals surface area contributed by atoms with Crippen molar-refractivity contribution in [3.63, 3.8) is 0 Å². The summed E-state index contributed by atoms with van der Waals surface area (Å²) in [4.78, 5) is 0. The zero-order valence-corrected chi connectivity index (χ0v) is 27.3. The maximum atomic E-state index is 10.7. The summed E-state index contributed by atoms with van der Waals surface area (Å²) in [5.41, 5.74) is 5.91. The molecule has 4 heteroatoms. The van der Waals surface area contributed by atoms with Crippen molar-refractivity contribution in [1.82, 2.24) is 0 Å². The lowest BCUT2D eigenvalue weighted by Crippen LogP contribution is -2.43. The summed E-state index contributed by atoms with van der Waals surface area (Å²) in [7, 11) is 0. The number of hydrogen-bond donors (Lipinski definition) is 3. The maximum absolute atomic E-state index is 10.7. The molecule has 0 bridgehead atoms. The summed E-state index contributed by atoms with van der Waals surface area (Å²) in [6, 6.07) is 8.80. The molecule has 0 radical (unpaired) electrons. The molecule has 39 heavy (non-hydrogen) atoms. The third kappa shape index (κ3) is 7.07. The van der Waals surface area contributed by atoms with Gasteiger partial charge in [0.1, 0.15) is 11.9 Å². The number of hydrogen-bond acceptors (Lipinski definition) is 4.